The van der Waals surface area contributed by atoms with Crippen molar-refractivity contribution in [3.05, 3.63) is 82.5 Å². The van der Waals surface area contributed by atoms with E-state index in [2.05, 4.69) is 20.4 Å². The molecular weight excluding hydrogens is 382 g/mol. The number of hydrogen-bond acceptors (Lipinski definition) is 5. The summed E-state index contributed by atoms with van der Waals surface area (Å²) in [6.45, 7) is 2.01. The molecule has 0 saturated heterocycles. The number of benzene rings is 1. The number of aryl methyl sites for hydroxylation is 1. The van der Waals surface area contributed by atoms with Crippen LogP contribution >= 0.6 is 0 Å². The van der Waals surface area contributed by atoms with Crippen molar-refractivity contribution in [3.63, 3.8) is 0 Å². The molecule has 0 spiro atoms. The number of carbonyl (C=O) groups is 1. The van der Waals surface area contributed by atoms with E-state index < -0.39 is 0 Å². The lowest BCUT2D eigenvalue weighted by molar-refractivity contribution is -0.115. The van der Waals surface area contributed by atoms with Crippen LogP contribution in [0.4, 0.5) is 5.82 Å². The molecule has 0 unspecified atom stereocenters. The molecule has 0 radical (unpaired) electrons. The molecule has 0 saturated carbocycles. The van der Waals surface area contributed by atoms with Gasteiger partial charge in [0.05, 0.1) is 12.7 Å². The van der Waals surface area contributed by atoms with Crippen LogP contribution in [0.1, 0.15) is 24.6 Å². The Morgan fingerprint density at radius 2 is 2.00 bits per heavy atom. The lowest BCUT2D eigenvalue weighted by atomic mass is 10.1. The molecule has 1 amide bonds. The minimum Gasteiger partial charge on any atom is -0.463 e. The largest absolute Gasteiger partial charge is 0.463 e. The normalized spacial score (nSPS) is 10.8. The summed E-state index contributed by atoms with van der Waals surface area (Å²) < 4.78 is 6.85. The van der Waals surface area contributed by atoms with Crippen LogP contribution in [0.2, 0.25) is 0 Å². The zero-order chi connectivity index (χ0) is 20.9. The van der Waals surface area contributed by atoms with Gasteiger partial charge in [0.25, 0.3) is 5.56 Å². The van der Waals surface area contributed by atoms with Gasteiger partial charge in [-0.25, -0.2) is 4.98 Å². The first-order valence-electron chi connectivity index (χ1n) is 9.70. The summed E-state index contributed by atoms with van der Waals surface area (Å²) >= 11 is 0. The van der Waals surface area contributed by atoms with Crippen molar-refractivity contribution in [1.29, 1.82) is 0 Å². The van der Waals surface area contributed by atoms with Gasteiger partial charge in [-0.15, -0.1) is 0 Å². The van der Waals surface area contributed by atoms with Gasteiger partial charge in [-0.2, -0.15) is 9.78 Å². The Hall–Kier alpha value is -3.94. The molecule has 4 rings (SSSR count). The number of nitrogens with one attached hydrogen (secondary N) is 2. The highest BCUT2D eigenvalue weighted by Gasteiger charge is 2.17. The monoisotopic (exact) mass is 403 g/mol. The first-order chi connectivity index (χ1) is 14.6. The highest BCUT2D eigenvalue weighted by molar-refractivity contribution is 5.92. The van der Waals surface area contributed by atoms with Crippen molar-refractivity contribution in [2.24, 2.45) is 0 Å². The lowest BCUT2D eigenvalue weighted by Gasteiger charge is -2.09. The van der Waals surface area contributed by atoms with E-state index in [-0.39, 0.29) is 23.8 Å². The number of carbonyl (C=O) groups excluding carboxylic acids is 1. The van der Waals surface area contributed by atoms with E-state index >= 15 is 0 Å². The van der Waals surface area contributed by atoms with Crippen LogP contribution in [0.25, 0.3) is 17.4 Å². The smallest absolute Gasteiger partial charge is 0.252 e. The molecule has 1 aromatic carbocycles. The Balaban J connectivity index is 1.70. The third-order valence-corrected chi connectivity index (χ3v) is 4.45. The van der Waals surface area contributed by atoms with E-state index in [0.29, 0.717) is 29.4 Å². The number of rotatable bonds is 7. The molecule has 0 aliphatic heterocycles. The number of aromatic nitrogens is 4. The second kappa shape index (κ2) is 8.60. The lowest BCUT2D eigenvalue weighted by Crippen LogP contribution is -2.20. The van der Waals surface area contributed by atoms with E-state index in [9.17, 15) is 9.59 Å². The van der Waals surface area contributed by atoms with Crippen molar-refractivity contribution < 1.29 is 9.21 Å². The Bertz CT molecular complexity index is 1190. The second-order valence-corrected chi connectivity index (χ2v) is 6.82. The molecule has 0 bridgehead atoms. The van der Waals surface area contributed by atoms with Crippen LogP contribution in [0.15, 0.2) is 70.1 Å². The summed E-state index contributed by atoms with van der Waals surface area (Å²) in [5.74, 6) is 0.956. The van der Waals surface area contributed by atoms with Crippen molar-refractivity contribution in [3.8, 4) is 17.4 Å². The molecule has 0 fully saturated rings. The highest BCUT2D eigenvalue weighted by Crippen LogP contribution is 2.24. The number of H-pyrrole nitrogens is 1. The van der Waals surface area contributed by atoms with E-state index in [0.717, 1.165) is 12.0 Å². The summed E-state index contributed by atoms with van der Waals surface area (Å²) in [6, 6.07) is 16.1. The van der Waals surface area contributed by atoms with E-state index in [4.69, 9.17) is 4.42 Å². The van der Waals surface area contributed by atoms with Crippen LogP contribution in [0.5, 0.6) is 0 Å². The maximum absolute atomic E-state index is 12.6. The molecule has 8 heteroatoms. The summed E-state index contributed by atoms with van der Waals surface area (Å²) in [7, 11) is 0. The summed E-state index contributed by atoms with van der Waals surface area (Å²) in [5.41, 5.74) is 1.79. The highest BCUT2D eigenvalue weighted by atomic mass is 16.3. The average Bonchev–Trinajstić information content (AvgIpc) is 3.38. The van der Waals surface area contributed by atoms with E-state index in [1.165, 1.54) is 10.7 Å². The maximum Gasteiger partial charge on any atom is 0.252 e. The second-order valence-electron chi connectivity index (χ2n) is 6.82. The van der Waals surface area contributed by atoms with Gasteiger partial charge in [-0.1, -0.05) is 43.7 Å². The van der Waals surface area contributed by atoms with Gasteiger partial charge in [-0.3, -0.25) is 14.6 Å². The molecule has 3 heterocycles. The van der Waals surface area contributed by atoms with Crippen LogP contribution in [0, 0.1) is 0 Å². The van der Waals surface area contributed by atoms with Crippen molar-refractivity contribution >= 4 is 11.7 Å². The Labute approximate surface area is 172 Å². The number of anilines is 1. The van der Waals surface area contributed by atoms with Crippen molar-refractivity contribution in [2.45, 2.75) is 26.2 Å². The Morgan fingerprint density at radius 3 is 2.73 bits per heavy atom. The van der Waals surface area contributed by atoms with E-state index in [1.807, 2.05) is 37.3 Å². The summed E-state index contributed by atoms with van der Waals surface area (Å²) in [4.78, 5) is 32.0. The van der Waals surface area contributed by atoms with Crippen LogP contribution < -0.4 is 10.9 Å². The van der Waals surface area contributed by atoms with Gasteiger partial charge >= 0.3 is 0 Å². The number of hydrogen-bond donors (Lipinski definition) is 2. The standard InChI is InChI=1S/C22H21N5O3/c1-2-7-16-13-21(29)25-22(23-16)27-19(14-17(26-27)18-10-6-11-30-18)24-20(28)12-15-8-4-3-5-9-15/h3-6,8-11,13-14H,2,7,12H2,1H3,(H,24,28)(H,23,25,29). The SMILES string of the molecule is CCCc1cc(=O)[nH]c(-n2nc(-c3ccco3)cc2NC(=O)Cc2ccccc2)n1. The molecule has 0 aliphatic rings. The quantitative estimate of drug-likeness (QED) is 0.492. The molecule has 4 aromatic rings. The number of amides is 1. The molecular formula is C22H21N5O3. The van der Waals surface area contributed by atoms with Gasteiger partial charge in [-0.05, 0) is 24.1 Å². The van der Waals surface area contributed by atoms with Gasteiger partial charge in [0, 0.05) is 17.8 Å². The van der Waals surface area contributed by atoms with Crippen molar-refractivity contribution in [2.75, 3.05) is 5.32 Å². The first kappa shape index (κ1) is 19.4. The van der Waals surface area contributed by atoms with Gasteiger partial charge in [0.15, 0.2) is 5.76 Å². The van der Waals surface area contributed by atoms with Gasteiger partial charge in [0.1, 0.15) is 11.5 Å². The molecule has 3 aromatic heterocycles. The number of aromatic amines is 1. The van der Waals surface area contributed by atoms with Crippen LogP contribution in [-0.4, -0.2) is 25.7 Å². The fourth-order valence-electron chi connectivity index (χ4n) is 3.12. The van der Waals surface area contributed by atoms with Gasteiger partial charge < -0.3 is 9.73 Å². The average molecular weight is 403 g/mol. The number of nitrogens with zero attached hydrogens (tertiary/aromatic N) is 3. The predicted molar refractivity (Wildman–Crippen MR) is 112 cm³/mol. The third-order valence-electron chi connectivity index (χ3n) is 4.45. The zero-order valence-corrected chi connectivity index (χ0v) is 16.5. The fourth-order valence-corrected chi connectivity index (χ4v) is 3.12. The Kier molecular flexibility index (Phi) is 5.56. The van der Waals surface area contributed by atoms with Gasteiger partial charge in [0.2, 0.25) is 11.9 Å². The summed E-state index contributed by atoms with van der Waals surface area (Å²) in [6.07, 6.45) is 3.28. The number of furan rings is 1. The molecule has 2 N–H and O–H groups in total. The predicted octanol–water partition coefficient (Wildman–Crippen LogP) is 3.35. The molecule has 0 atom stereocenters. The van der Waals surface area contributed by atoms with Crippen molar-refractivity contribution in [1.82, 2.24) is 19.7 Å². The Morgan fingerprint density at radius 1 is 1.17 bits per heavy atom. The van der Waals surface area contributed by atoms with Crippen LogP contribution in [-0.2, 0) is 17.6 Å². The fraction of sp³-hybridized carbons (Fsp3) is 0.182. The zero-order valence-electron chi connectivity index (χ0n) is 16.5. The third kappa shape index (κ3) is 4.38. The first-order valence-corrected chi connectivity index (χ1v) is 9.70. The minimum absolute atomic E-state index is 0.208. The topological polar surface area (TPSA) is 106 Å². The minimum atomic E-state index is -0.278. The molecule has 152 valence electrons. The van der Waals surface area contributed by atoms with Crippen LogP contribution in [0.3, 0.4) is 0 Å². The van der Waals surface area contributed by atoms with E-state index in [1.54, 1.807) is 24.5 Å². The maximum atomic E-state index is 12.6. The molecule has 8 nitrogen and oxygen atoms in total. The summed E-state index contributed by atoms with van der Waals surface area (Å²) in [5, 5.41) is 7.37. The molecule has 0 aliphatic carbocycles. The molecule has 30 heavy (non-hydrogen) atoms.